The minimum absolute atomic E-state index is 0.0363. The van der Waals surface area contributed by atoms with Crippen molar-refractivity contribution in [1.29, 1.82) is 0 Å². The molecule has 2 atom stereocenters. The third-order valence-corrected chi connectivity index (χ3v) is 2.86. The van der Waals surface area contributed by atoms with Gasteiger partial charge in [-0.1, -0.05) is 20.3 Å². The van der Waals surface area contributed by atoms with Crippen molar-refractivity contribution in [3.63, 3.8) is 0 Å². The summed E-state index contributed by atoms with van der Waals surface area (Å²) in [4.78, 5) is 20.6. The van der Waals surface area contributed by atoms with Gasteiger partial charge in [-0.05, 0) is 5.92 Å². The van der Waals surface area contributed by atoms with Gasteiger partial charge in [0.1, 0.15) is 5.82 Å². The van der Waals surface area contributed by atoms with Crippen molar-refractivity contribution in [2.45, 2.75) is 32.9 Å². The van der Waals surface area contributed by atoms with Gasteiger partial charge in [0.2, 0.25) is 5.91 Å². The molecule has 1 aromatic rings. The number of hydrogen-bond donors (Lipinski definition) is 2. The van der Waals surface area contributed by atoms with Gasteiger partial charge in [-0.15, -0.1) is 0 Å². The van der Waals surface area contributed by atoms with Crippen molar-refractivity contribution in [2.75, 3.05) is 7.05 Å². The lowest BCUT2D eigenvalue weighted by Crippen LogP contribution is -2.45. The van der Waals surface area contributed by atoms with Crippen LogP contribution < -0.4 is 5.73 Å². The van der Waals surface area contributed by atoms with Crippen LogP contribution in [0.25, 0.3) is 0 Å². The SMILES string of the molecule is CCC(C)[C@H](N)C(=O)N(C)Cc1ncc[nH]1. The first-order chi connectivity index (χ1) is 7.56. The smallest absolute Gasteiger partial charge is 0.239 e. The minimum Gasteiger partial charge on any atom is -0.347 e. The van der Waals surface area contributed by atoms with Crippen molar-refractivity contribution >= 4 is 5.91 Å². The van der Waals surface area contributed by atoms with Crippen LogP contribution in [0.4, 0.5) is 0 Å². The Kier molecular flexibility index (Phi) is 4.49. The maximum Gasteiger partial charge on any atom is 0.239 e. The molecule has 5 nitrogen and oxygen atoms in total. The number of carbonyl (C=O) groups excluding carboxylic acids is 1. The molecule has 0 aliphatic heterocycles. The van der Waals surface area contributed by atoms with E-state index in [2.05, 4.69) is 9.97 Å². The molecule has 1 rings (SSSR count). The van der Waals surface area contributed by atoms with Gasteiger partial charge < -0.3 is 15.6 Å². The number of H-pyrrole nitrogens is 1. The Labute approximate surface area is 96.0 Å². The molecular weight excluding hydrogens is 204 g/mol. The maximum absolute atomic E-state index is 11.9. The summed E-state index contributed by atoms with van der Waals surface area (Å²) in [6.45, 7) is 4.49. The van der Waals surface area contributed by atoms with Crippen LogP contribution in [0.1, 0.15) is 26.1 Å². The Morgan fingerprint density at radius 1 is 1.69 bits per heavy atom. The summed E-state index contributed by atoms with van der Waals surface area (Å²) in [5.74, 6) is 0.935. The second-order valence-corrected chi connectivity index (χ2v) is 4.14. The van der Waals surface area contributed by atoms with Gasteiger partial charge in [-0.3, -0.25) is 4.79 Å². The van der Waals surface area contributed by atoms with Crippen LogP contribution in [-0.2, 0) is 11.3 Å². The largest absolute Gasteiger partial charge is 0.347 e. The minimum atomic E-state index is -0.426. The molecule has 1 heterocycles. The highest BCUT2D eigenvalue weighted by atomic mass is 16.2. The number of hydrogen-bond acceptors (Lipinski definition) is 3. The molecule has 0 aliphatic carbocycles. The van der Waals surface area contributed by atoms with Crippen LogP contribution in [0.5, 0.6) is 0 Å². The van der Waals surface area contributed by atoms with E-state index in [4.69, 9.17) is 5.73 Å². The fourth-order valence-corrected chi connectivity index (χ4v) is 1.44. The highest BCUT2D eigenvalue weighted by molar-refractivity contribution is 5.81. The summed E-state index contributed by atoms with van der Waals surface area (Å²) in [6, 6.07) is -0.426. The fourth-order valence-electron chi connectivity index (χ4n) is 1.44. The van der Waals surface area contributed by atoms with E-state index in [0.717, 1.165) is 12.2 Å². The second kappa shape index (κ2) is 5.65. The predicted molar refractivity (Wildman–Crippen MR) is 62.5 cm³/mol. The molecule has 0 spiro atoms. The number of nitrogens with two attached hydrogens (primary N) is 1. The summed E-state index contributed by atoms with van der Waals surface area (Å²) in [5.41, 5.74) is 5.88. The van der Waals surface area contributed by atoms with E-state index in [9.17, 15) is 4.79 Å². The van der Waals surface area contributed by atoms with Gasteiger partial charge in [0.25, 0.3) is 0 Å². The number of carbonyl (C=O) groups is 1. The third kappa shape index (κ3) is 3.06. The van der Waals surface area contributed by atoms with E-state index in [1.165, 1.54) is 0 Å². The molecule has 0 fully saturated rings. The maximum atomic E-state index is 11.9. The van der Waals surface area contributed by atoms with E-state index in [1.807, 2.05) is 13.8 Å². The monoisotopic (exact) mass is 224 g/mol. The zero-order valence-electron chi connectivity index (χ0n) is 10.1. The first kappa shape index (κ1) is 12.7. The predicted octanol–water partition coefficient (Wildman–Crippen LogP) is 0.741. The zero-order valence-corrected chi connectivity index (χ0v) is 10.1. The molecule has 16 heavy (non-hydrogen) atoms. The lowest BCUT2D eigenvalue weighted by atomic mass is 9.99. The molecule has 0 saturated heterocycles. The highest BCUT2D eigenvalue weighted by Gasteiger charge is 2.22. The number of imidazole rings is 1. The van der Waals surface area contributed by atoms with Crippen molar-refractivity contribution in [3.05, 3.63) is 18.2 Å². The molecule has 1 amide bonds. The second-order valence-electron chi connectivity index (χ2n) is 4.14. The summed E-state index contributed by atoms with van der Waals surface area (Å²) < 4.78 is 0. The molecular formula is C11H20N4O. The molecule has 0 aliphatic rings. The first-order valence-corrected chi connectivity index (χ1v) is 5.55. The average molecular weight is 224 g/mol. The summed E-state index contributed by atoms with van der Waals surface area (Å²) in [5, 5.41) is 0. The van der Waals surface area contributed by atoms with E-state index < -0.39 is 6.04 Å². The fraction of sp³-hybridized carbons (Fsp3) is 0.636. The van der Waals surface area contributed by atoms with E-state index in [0.29, 0.717) is 6.54 Å². The number of nitrogens with zero attached hydrogens (tertiary/aromatic N) is 2. The summed E-state index contributed by atoms with van der Waals surface area (Å²) in [6.07, 6.45) is 4.31. The molecule has 1 aromatic heterocycles. The molecule has 0 aromatic carbocycles. The van der Waals surface area contributed by atoms with Crippen LogP contribution in [0.3, 0.4) is 0 Å². The number of rotatable bonds is 5. The van der Waals surface area contributed by atoms with E-state index in [-0.39, 0.29) is 11.8 Å². The normalized spacial score (nSPS) is 14.5. The van der Waals surface area contributed by atoms with E-state index in [1.54, 1.807) is 24.3 Å². The number of nitrogens with one attached hydrogen (secondary N) is 1. The van der Waals surface area contributed by atoms with E-state index >= 15 is 0 Å². The van der Waals surface area contributed by atoms with Crippen LogP contribution in [0.15, 0.2) is 12.4 Å². The lowest BCUT2D eigenvalue weighted by molar-refractivity contribution is -0.133. The van der Waals surface area contributed by atoms with Crippen LogP contribution in [0.2, 0.25) is 0 Å². The standard InChI is InChI=1S/C11H20N4O/c1-4-8(2)10(12)11(16)15(3)7-9-13-5-6-14-9/h5-6,8,10H,4,7,12H2,1-3H3,(H,13,14)/t8?,10-/m0/s1. The number of amides is 1. The van der Waals surface area contributed by atoms with Gasteiger partial charge >= 0.3 is 0 Å². The molecule has 90 valence electrons. The van der Waals surface area contributed by atoms with Crippen molar-refractivity contribution in [1.82, 2.24) is 14.9 Å². The van der Waals surface area contributed by atoms with Crippen molar-refractivity contribution in [3.8, 4) is 0 Å². The quantitative estimate of drug-likeness (QED) is 0.774. The number of aromatic amines is 1. The summed E-state index contributed by atoms with van der Waals surface area (Å²) in [7, 11) is 1.74. The molecule has 3 N–H and O–H groups in total. The zero-order chi connectivity index (χ0) is 12.1. The van der Waals surface area contributed by atoms with Crippen LogP contribution in [0, 0.1) is 5.92 Å². The van der Waals surface area contributed by atoms with Crippen LogP contribution in [-0.4, -0.2) is 33.9 Å². The van der Waals surface area contributed by atoms with Crippen molar-refractivity contribution in [2.24, 2.45) is 11.7 Å². The third-order valence-electron chi connectivity index (χ3n) is 2.86. The number of aromatic nitrogens is 2. The van der Waals surface area contributed by atoms with Crippen LogP contribution >= 0.6 is 0 Å². The Bertz CT molecular complexity index is 323. The molecule has 0 saturated carbocycles. The Morgan fingerprint density at radius 2 is 2.38 bits per heavy atom. The molecule has 5 heteroatoms. The number of likely N-dealkylation sites (N-methyl/N-ethyl adjacent to an activating group) is 1. The average Bonchev–Trinajstić information content (AvgIpc) is 2.78. The van der Waals surface area contributed by atoms with Gasteiger partial charge in [-0.2, -0.15) is 0 Å². The molecule has 0 bridgehead atoms. The molecule has 0 radical (unpaired) electrons. The van der Waals surface area contributed by atoms with Gasteiger partial charge in [0.15, 0.2) is 0 Å². The summed E-state index contributed by atoms with van der Waals surface area (Å²) >= 11 is 0. The van der Waals surface area contributed by atoms with Gasteiger partial charge in [0, 0.05) is 19.4 Å². The Balaban J connectivity index is 2.53. The lowest BCUT2D eigenvalue weighted by Gasteiger charge is -2.23. The molecule has 1 unspecified atom stereocenters. The topological polar surface area (TPSA) is 75.0 Å². The van der Waals surface area contributed by atoms with Crippen molar-refractivity contribution < 1.29 is 4.79 Å². The van der Waals surface area contributed by atoms with Gasteiger partial charge in [0.05, 0.1) is 12.6 Å². The highest BCUT2D eigenvalue weighted by Crippen LogP contribution is 2.08. The Morgan fingerprint density at radius 3 is 2.88 bits per heavy atom. The van der Waals surface area contributed by atoms with Gasteiger partial charge in [-0.25, -0.2) is 4.98 Å². The first-order valence-electron chi connectivity index (χ1n) is 5.55. The Hall–Kier alpha value is -1.36.